The molecule has 0 aromatic heterocycles. The van der Waals surface area contributed by atoms with Crippen LogP contribution in [-0.4, -0.2) is 82.2 Å². The van der Waals surface area contributed by atoms with Gasteiger partial charge in [-0.05, 0) is 89.8 Å². The van der Waals surface area contributed by atoms with Crippen LogP contribution in [0.3, 0.4) is 0 Å². The fourth-order valence-electron chi connectivity index (χ4n) is 9.86. The number of rotatable bonds is 17. The number of esters is 2. The number of hydrogen-bond donors (Lipinski definition) is 5. The van der Waals surface area contributed by atoms with Crippen molar-refractivity contribution in [3.05, 3.63) is 221 Å². The van der Waals surface area contributed by atoms with E-state index in [1.54, 1.807) is 20.8 Å². The molecule has 1 aliphatic heterocycles. The van der Waals surface area contributed by atoms with Crippen LogP contribution in [0.1, 0.15) is 112 Å². The van der Waals surface area contributed by atoms with Crippen molar-refractivity contribution in [2.45, 2.75) is 113 Å². The number of hydrogen-bond acceptors (Lipinski definition) is 10. The number of ether oxygens (including phenoxy) is 2. The van der Waals surface area contributed by atoms with E-state index in [2.05, 4.69) is 52.8 Å². The molecule has 1 saturated heterocycles. The Morgan fingerprint density at radius 1 is 0.675 bits per heavy atom. The summed E-state index contributed by atoms with van der Waals surface area (Å²) in [6, 6.07) is 54.5. The lowest BCUT2D eigenvalue weighted by molar-refractivity contribution is -0.155. The smallest absolute Gasteiger partial charge is 0.309 e. The number of aliphatic hydroxyl groups excluding tert-OH is 1. The molecule has 402 valence electrons. The van der Waals surface area contributed by atoms with E-state index in [4.69, 9.17) is 9.47 Å². The molecule has 1 aliphatic rings. The van der Waals surface area contributed by atoms with E-state index in [-0.39, 0.29) is 30.4 Å². The minimum atomic E-state index is -1.43. The van der Waals surface area contributed by atoms with Crippen molar-refractivity contribution in [3.63, 3.8) is 0 Å². The summed E-state index contributed by atoms with van der Waals surface area (Å²) in [6.07, 6.45) is -1.64. The Hall–Kier alpha value is -6.93. The Morgan fingerprint density at radius 3 is 1.64 bits per heavy atom. The first-order valence-electron chi connectivity index (χ1n) is 26.4. The van der Waals surface area contributed by atoms with Crippen molar-refractivity contribution in [2.24, 2.45) is 5.92 Å². The summed E-state index contributed by atoms with van der Waals surface area (Å²) >= 11 is 5.95. The van der Waals surface area contributed by atoms with Gasteiger partial charge in [0.25, 0.3) is 0 Å². The second-order valence-electron chi connectivity index (χ2n) is 20.7. The van der Waals surface area contributed by atoms with Gasteiger partial charge in [0.15, 0.2) is 0 Å². The van der Waals surface area contributed by atoms with Gasteiger partial charge in [0.2, 0.25) is 17.7 Å². The van der Waals surface area contributed by atoms with Crippen LogP contribution in [0, 0.1) is 5.92 Å². The summed E-state index contributed by atoms with van der Waals surface area (Å²) in [5.41, 5.74) is 6.41. The molecular weight excluding hydrogens is 1000 g/mol. The molecule has 11 nitrogen and oxygen atoms in total. The van der Waals surface area contributed by atoms with Crippen LogP contribution in [-0.2, 0) is 38.2 Å². The number of nitrogens with one attached hydrogen (secondary N) is 3. The van der Waals surface area contributed by atoms with Gasteiger partial charge in [-0.2, -0.15) is 12.6 Å². The summed E-state index contributed by atoms with van der Waals surface area (Å²) in [7, 11) is 0. The average Bonchev–Trinajstić information content (AvgIpc) is 3.44. The fraction of sp³-hybridized carbons (Fsp3) is 0.328. The van der Waals surface area contributed by atoms with Crippen molar-refractivity contribution in [1.29, 1.82) is 0 Å². The summed E-state index contributed by atoms with van der Waals surface area (Å²) in [5, 5.41) is 20.8. The van der Waals surface area contributed by atoms with Crippen LogP contribution in [0.25, 0.3) is 5.57 Å². The number of amides is 3. The van der Waals surface area contributed by atoms with Gasteiger partial charge in [-0.25, -0.2) is 0 Å². The van der Waals surface area contributed by atoms with E-state index in [9.17, 15) is 29.1 Å². The summed E-state index contributed by atoms with van der Waals surface area (Å²) in [6.45, 7) is 8.86. The number of allylic oxidation sites excluding steroid dienone is 1. The van der Waals surface area contributed by atoms with E-state index in [0.29, 0.717) is 23.3 Å². The molecule has 6 aromatic rings. The third-order valence-corrected chi connectivity index (χ3v) is 15.4. The number of thiol groups is 1. The van der Waals surface area contributed by atoms with Gasteiger partial charge < -0.3 is 30.5 Å². The molecule has 0 radical (unpaired) electrons. The number of thioether (sulfide) groups is 1. The van der Waals surface area contributed by atoms with E-state index < -0.39 is 83.2 Å². The fourth-order valence-corrected chi connectivity index (χ4v) is 11.5. The van der Waals surface area contributed by atoms with Crippen molar-refractivity contribution in [1.82, 2.24) is 16.0 Å². The largest absolute Gasteiger partial charge is 0.460 e. The first kappa shape index (κ1) is 57.8. The molecule has 1 heterocycles. The van der Waals surface area contributed by atoms with Gasteiger partial charge in [-0.3, -0.25) is 24.0 Å². The zero-order valence-electron chi connectivity index (χ0n) is 44.5. The molecule has 1 fully saturated rings. The monoisotopic (exact) mass is 1070 g/mol. The highest BCUT2D eigenvalue weighted by Gasteiger charge is 2.41. The summed E-state index contributed by atoms with van der Waals surface area (Å²) < 4.78 is 11.0. The van der Waals surface area contributed by atoms with Gasteiger partial charge in [0.1, 0.15) is 23.8 Å². The Kier molecular flexibility index (Phi) is 20.6. The maximum Gasteiger partial charge on any atom is 0.309 e. The zero-order chi connectivity index (χ0) is 55.0. The number of carbonyl (C=O) groups excluding carboxylic acids is 5. The third kappa shape index (κ3) is 15.6. The van der Waals surface area contributed by atoms with Crippen LogP contribution in [0.2, 0.25) is 0 Å². The predicted octanol–water partition coefficient (Wildman–Crippen LogP) is 10.6. The highest BCUT2D eigenvalue weighted by atomic mass is 32.2. The molecule has 77 heavy (non-hydrogen) atoms. The quantitative estimate of drug-likeness (QED) is 0.0340. The van der Waals surface area contributed by atoms with Gasteiger partial charge in [-0.15, -0.1) is 11.8 Å². The topological polar surface area (TPSA) is 160 Å². The highest BCUT2D eigenvalue weighted by Crippen LogP contribution is 2.48. The standard InChI is InChI=1S/C64H71N3O8S2/c1-43(2)60-54(68)40-58(71)74-55(51(32-21-39-76)44-33-35-47(36-34-44)59(45-22-11-6-12-23-45)46-24-13-7-14-25-46)41-56(69)65-52(37-38-57(70)75-63(3,4)5)61(72)66-53(62(73)67-60)42-77-64(48-26-15-8-16-27-48,49-28-17-9-18-29-49)50-30-19-10-20-31-50/h6-20,22-36,43,52-55,59-60,68,76H,21,37-42H2,1-5H3,(H,65,69)(H,66,72)(H,67,73)/t52-,53-,54+,55+,60-/m1/s1. The van der Waals surface area contributed by atoms with E-state index in [1.165, 1.54) is 11.8 Å². The number of carbonyl (C=O) groups is 5. The second-order valence-corrected chi connectivity index (χ2v) is 22.4. The molecule has 4 N–H and O–H groups in total. The van der Waals surface area contributed by atoms with Crippen molar-refractivity contribution < 1.29 is 38.6 Å². The van der Waals surface area contributed by atoms with Gasteiger partial charge >= 0.3 is 11.9 Å². The van der Waals surface area contributed by atoms with Crippen LogP contribution < -0.4 is 16.0 Å². The van der Waals surface area contributed by atoms with Crippen molar-refractivity contribution >= 4 is 59.6 Å². The normalized spacial score (nSPS) is 19.3. The second kappa shape index (κ2) is 27.4. The average molecular weight is 1070 g/mol. The lowest BCUT2D eigenvalue weighted by Crippen LogP contribution is -2.58. The zero-order valence-corrected chi connectivity index (χ0v) is 46.2. The minimum absolute atomic E-state index is 0.00352. The van der Waals surface area contributed by atoms with Crippen molar-refractivity contribution in [2.75, 3.05) is 11.5 Å². The molecule has 0 aliphatic carbocycles. The molecule has 3 amide bonds. The molecule has 0 unspecified atom stereocenters. The summed E-state index contributed by atoms with van der Waals surface area (Å²) in [5.74, 6) is -3.40. The van der Waals surface area contributed by atoms with E-state index in [0.717, 1.165) is 33.4 Å². The van der Waals surface area contributed by atoms with Crippen LogP contribution >= 0.6 is 24.4 Å². The number of cyclic esters (lactones) is 1. The van der Waals surface area contributed by atoms with Crippen LogP contribution in [0.4, 0.5) is 0 Å². The van der Waals surface area contributed by atoms with Gasteiger partial charge in [-0.1, -0.05) is 196 Å². The maximum atomic E-state index is 15.0. The molecule has 13 heteroatoms. The molecule has 7 rings (SSSR count). The lowest BCUT2D eigenvalue weighted by Gasteiger charge is -2.37. The maximum absolute atomic E-state index is 15.0. The first-order chi connectivity index (χ1) is 37.1. The van der Waals surface area contributed by atoms with Crippen LogP contribution in [0.15, 0.2) is 182 Å². The third-order valence-electron chi connectivity index (χ3n) is 13.5. The Bertz CT molecular complexity index is 2760. The molecule has 0 bridgehead atoms. The van der Waals surface area contributed by atoms with Crippen LogP contribution in [0.5, 0.6) is 0 Å². The SMILES string of the molecule is CC(C)[C@H]1NC(=O)[C@@H](CSC(c2ccccc2)(c2ccccc2)c2ccccc2)NC(=O)[C@@H](CCC(=O)OC(C)(C)C)NC(=O)C[C@@H](C(=CCCS)c2ccc(C(c3ccccc3)c3ccccc3)cc2)OC(=O)C[C@@H]1O. The Balaban J connectivity index is 1.27. The van der Waals surface area contributed by atoms with E-state index in [1.807, 2.05) is 172 Å². The van der Waals surface area contributed by atoms with E-state index >= 15 is 0 Å². The highest BCUT2D eigenvalue weighted by molar-refractivity contribution is 8.00. The number of benzene rings is 6. The molecule has 0 saturated carbocycles. The Morgan fingerprint density at radius 2 is 1.16 bits per heavy atom. The minimum Gasteiger partial charge on any atom is -0.460 e. The summed E-state index contributed by atoms with van der Waals surface area (Å²) in [4.78, 5) is 72.1. The lowest BCUT2D eigenvalue weighted by atomic mass is 9.84. The number of aliphatic hydroxyl groups is 1. The molecule has 6 aromatic carbocycles. The van der Waals surface area contributed by atoms with Gasteiger partial charge in [0, 0.05) is 18.1 Å². The Labute approximate surface area is 463 Å². The molecular formula is C64H71N3O8S2. The van der Waals surface area contributed by atoms with Gasteiger partial charge in [0.05, 0.1) is 29.7 Å². The molecule has 5 atom stereocenters. The molecule has 0 spiro atoms. The van der Waals surface area contributed by atoms with Crippen molar-refractivity contribution in [3.8, 4) is 0 Å². The first-order valence-corrected chi connectivity index (χ1v) is 28.0. The predicted molar refractivity (Wildman–Crippen MR) is 309 cm³/mol.